The first kappa shape index (κ1) is 14.5. The number of amides is 1. The van der Waals surface area contributed by atoms with Crippen molar-refractivity contribution in [2.24, 2.45) is 0 Å². The highest BCUT2D eigenvalue weighted by molar-refractivity contribution is 9.10. The molecule has 0 bridgehead atoms. The third kappa shape index (κ3) is 3.37. The van der Waals surface area contributed by atoms with Crippen LogP contribution in [-0.4, -0.2) is 23.2 Å². The molecule has 1 aromatic carbocycles. The Morgan fingerprint density at radius 2 is 1.95 bits per heavy atom. The maximum Gasteiger partial charge on any atom is 0.227 e. The average Bonchev–Trinajstić information content (AvgIpc) is 2.88. The molecular weight excluding hydrogens is 306 g/mol. The zero-order valence-electron chi connectivity index (χ0n) is 11.2. The maximum absolute atomic E-state index is 12.3. The third-order valence-corrected chi connectivity index (χ3v) is 4.54. The van der Waals surface area contributed by atoms with Crippen molar-refractivity contribution in [2.45, 2.75) is 44.1 Å². The first-order chi connectivity index (χ1) is 9.06. The highest BCUT2D eigenvalue weighted by Gasteiger charge is 2.35. The van der Waals surface area contributed by atoms with E-state index in [-0.39, 0.29) is 24.0 Å². The second kappa shape index (κ2) is 6.06. The fourth-order valence-corrected chi connectivity index (χ4v) is 2.91. The number of aliphatic hydroxyl groups is 1. The lowest BCUT2D eigenvalue weighted by molar-refractivity contribution is -0.124. The Hall–Kier alpha value is -0.870. The molecule has 0 radical (unpaired) electrons. The van der Waals surface area contributed by atoms with Gasteiger partial charge in [0.25, 0.3) is 0 Å². The molecule has 3 nitrogen and oxygen atoms in total. The monoisotopic (exact) mass is 325 g/mol. The predicted octanol–water partition coefficient (Wildman–Crippen LogP) is 2.97. The molecule has 1 aliphatic carbocycles. The quantitative estimate of drug-likeness (QED) is 0.894. The number of halogens is 1. The van der Waals surface area contributed by atoms with Crippen LogP contribution in [0, 0.1) is 0 Å². The van der Waals surface area contributed by atoms with Gasteiger partial charge in [0, 0.05) is 4.47 Å². The van der Waals surface area contributed by atoms with E-state index in [2.05, 4.69) is 21.2 Å². The summed E-state index contributed by atoms with van der Waals surface area (Å²) in [5.74, 6) is -0.199. The van der Waals surface area contributed by atoms with Crippen LogP contribution in [0.5, 0.6) is 0 Å². The molecule has 19 heavy (non-hydrogen) atoms. The second-order valence-corrected chi connectivity index (χ2v) is 6.32. The van der Waals surface area contributed by atoms with Crippen LogP contribution in [0.2, 0.25) is 0 Å². The van der Waals surface area contributed by atoms with Gasteiger partial charge in [-0.25, -0.2) is 0 Å². The molecule has 4 heteroatoms. The standard InChI is InChI=1S/C15H20BrNO2/c1-11(12-4-6-13(16)7-5-12)14(19)17-15(10-18)8-2-3-9-15/h4-7,11,18H,2-3,8-10H2,1H3,(H,17,19). The smallest absolute Gasteiger partial charge is 0.227 e. The van der Waals surface area contributed by atoms with Crippen molar-refractivity contribution in [3.05, 3.63) is 34.3 Å². The van der Waals surface area contributed by atoms with Crippen molar-refractivity contribution < 1.29 is 9.90 Å². The Kier molecular flexibility index (Phi) is 4.63. The minimum atomic E-state index is -0.388. The summed E-state index contributed by atoms with van der Waals surface area (Å²) in [6, 6.07) is 7.79. The fraction of sp³-hybridized carbons (Fsp3) is 0.533. The predicted molar refractivity (Wildman–Crippen MR) is 79.0 cm³/mol. The normalized spacial score (nSPS) is 19.1. The molecular formula is C15H20BrNO2. The summed E-state index contributed by atoms with van der Waals surface area (Å²) < 4.78 is 1.01. The third-order valence-electron chi connectivity index (χ3n) is 4.01. The number of rotatable bonds is 4. The van der Waals surface area contributed by atoms with Crippen molar-refractivity contribution in [2.75, 3.05) is 6.61 Å². The number of carbonyl (C=O) groups is 1. The van der Waals surface area contributed by atoms with Crippen LogP contribution in [0.4, 0.5) is 0 Å². The highest BCUT2D eigenvalue weighted by atomic mass is 79.9. The summed E-state index contributed by atoms with van der Waals surface area (Å²) in [6.45, 7) is 1.93. The van der Waals surface area contributed by atoms with Crippen LogP contribution >= 0.6 is 15.9 Å². The molecule has 1 aliphatic rings. The van der Waals surface area contributed by atoms with Crippen LogP contribution in [-0.2, 0) is 4.79 Å². The molecule has 1 fully saturated rings. The number of hydrogen-bond acceptors (Lipinski definition) is 2. The van der Waals surface area contributed by atoms with Gasteiger partial charge in [0.2, 0.25) is 5.91 Å². The van der Waals surface area contributed by atoms with Crippen LogP contribution in [0.25, 0.3) is 0 Å². The van der Waals surface area contributed by atoms with E-state index in [4.69, 9.17) is 0 Å². The summed E-state index contributed by atoms with van der Waals surface area (Å²) in [5, 5.41) is 12.6. The molecule has 0 aliphatic heterocycles. The van der Waals surface area contributed by atoms with Crippen LogP contribution in [0.15, 0.2) is 28.7 Å². The van der Waals surface area contributed by atoms with Crippen molar-refractivity contribution >= 4 is 21.8 Å². The molecule has 1 aromatic rings. The summed E-state index contributed by atoms with van der Waals surface area (Å²) in [5.41, 5.74) is 0.604. The zero-order valence-corrected chi connectivity index (χ0v) is 12.7. The lowest BCUT2D eigenvalue weighted by Crippen LogP contribution is -2.50. The number of benzene rings is 1. The van der Waals surface area contributed by atoms with E-state index >= 15 is 0 Å². The SMILES string of the molecule is CC(C(=O)NC1(CO)CCCC1)c1ccc(Br)cc1. The van der Waals surface area contributed by atoms with Gasteiger partial charge >= 0.3 is 0 Å². The maximum atomic E-state index is 12.3. The Morgan fingerprint density at radius 3 is 2.47 bits per heavy atom. The molecule has 1 saturated carbocycles. The van der Waals surface area contributed by atoms with Crippen molar-refractivity contribution in [1.29, 1.82) is 0 Å². The Balaban J connectivity index is 2.04. The van der Waals surface area contributed by atoms with Crippen molar-refractivity contribution in [3.8, 4) is 0 Å². The molecule has 2 rings (SSSR count). The van der Waals surface area contributed by atoms with Crippen LogP contribution in [0.1, 0.15) is 44.1 Å². The summed E-state index contributed by atoms with van der Waals surface area (Å²) >= 11 is 3.39. The van der Waals surface area contributed by atoms with Gasteiger partial charge in [-0.3, -0.25) is 4.79 Å². The van der Waals surface area contributed by atoms with Crippen molar-refractivity contribution in [3.63, 3.8) is 0 Å². The van der Waals surface area contributed by atoms with Crippen LogP contribution < -0.4 is 5.32 Å². The molecule has 0 aromatic heterocycles. The van der Waals surface area contributed by atoms with E-state index in [1.165, 1.54) is 0 Å². The van der Waals surface area contributed by atoms with Crippen LogP contribution in [0.3, 0.4) is 0 Å². The van der Waals surface area contributed by atoms with E-state index in [1.54, 1.807) is 0 Å². The van der Waals surface area contributed by atoms with Crippen molar-refractivity contribution in [1.82, 2.24) is 5.32 Å². The van der Waals surface area contributed by atoms with E-state index < -0.39 is 0 Å². The first-order valence-corrected chi connectivity index (χ1v) is 7.54. The minimum Gasteiger partial charge on any atom is -0.394 e. The summed E-state index contributed by atoms with van der Waals surface area (Å²) in [7, 11) is 0. The highest BCUT2D eigenvalue weighted by Crippen LogP contribution is 2.30. The summed E-state index contributed by atoms with van der Waals surface area (Å²) in [6.07, 6.45) is 3.91. The molecule has 0 spiro atoms. The van der Waals surface area contributed by atoms with Gasteiger partial charge in [0.1, 0.15) is 0 Å². The molecule has 0 heterocycles. The van der Waals surface area contributed by atoms with E-state index in [9.17, 15) is 9.90 Å². The minimum absolute atomic E-state index is 0.00160. The van der Waals surface area contributed by atoms with Gasteiger partial charge in [-0.2, -0.15) is 0 Å². The van der Waals surface area contributed by atoms with E-state index in [0.29, 0.717) is 0 Å². The number of nitrogens with one attached hydrogen (secondary N) is 1. The molecule has 2 N–H and O–H groups in total. The lowest BCUT2D eigenvalue weighted by atomic mass is 9.95. The summed E-state index contributed by atoms with van der Waals surface area (Å²) in [4.78, 5) is 12.3. The number of carbonyl (C=O) groups excluding carboxylic acids is 1. The zero-order chi connectivity index (χ0) is 13.9. The lowest BCUT2D eigenvalue weighted by Gasteiger charge is -2.29. The van der Waals surface area contributed by atoms with Gasteiger partial charge in [-0.15, -0.1) is 0 Å². The Morgan fingerprint density at radius 1 is 1.37 bits per heavy atom. The Labute approximate surface area is 122 Å². The molecule has 1 amide bonds. The van der Waals surface area contributed by atoms with Gasteiger partial charge in [0.05, 0.1) is 18.1 Å². The molecule has 104 valence electrons. The largest absolute Gasteiger partial charge is 0.394 e. The van der Waals surface area contributed by atoms with Gasteiger partial charge < -0.3 is 10.4 Å². The van der Waals surface area contributed by atoms with Gasteiger partial charge in [0.15, 0.2) is 0 Å². The second-order valence-electron chi connectivity index (χ2n) is 5.41. The van der Waals surface area contributed by atoms with Gasteiger partial charge in [-0.05, 0) is 37.5 Å². The topological polar surface area (TPSA) is 49.3 Å². The van der Waals surface area contributed by atoms with Gasteiger partial charge in [-0.1, -0.05) is 40.9 Å². The number of aliphatic hydroxyl groups excluding tert-OH is 1. The number of hydrogen-bond donors (Lipinski definition) is 2. The van der Waals surface area contributed by atoms with E-state index in [0.717, 1.165) is 35.7 Å². The molecule has 0 saturated heterocycles. The molecule has 1 unspecified atom stereocenters. The fourth-order valence-electron chi connectivity index (χ4n) is 2.65. The Bertz CT molecular complexity index is 438. The molecule has 1 atom stereocenters. The average molecular weight is 326 g/mol. The van der Waals surface area contributed by atoms with E-state index in [1.807, 2.05) is 31.2 Å². The first-order valence-electron chi connectivity index (χ1n) is 6.75.